The van der Waals surface area contributed by atoms with Crippen molar-refractivity contribution in [3.05, 3.63) is 59.9 Å². The van der Waals surface area contributed by atoms with Crippen molar-refractivity contribution in [1.29, 1.82) is 0 Å². The van der Waals surface area contributed by atoms with Crippen LogP contribution in [0.2, 0.25) is 0 Å². The molecule has 0 heterocycles. The van der Waals surface area contributed by atoms with Crippen molar-refractivity contribution >= 4 is 5.57 Å². The minimum Gasteiger partial charge on any atom is -0.504 e. The van der Waals surface area contributed by atoms with Gasteiger partial charge in [-0.05, 0) is 59.9 Å². The number of hydrogen-bond donors (Lipinski definition) is 0. The quantitative estimate of drug-likeness (QED) is 0.750. The van der Waals surface area contributed by atoms with Gasteiger partial charge in [0, 0.05) is 0 Å². The van der Waals surface area contributed by atoms with E-state index in [1.54, 1.807) is 20.5 Å². The van der Waals surface area contributed by atoms with Gasteiger partial charge in [-0.25, -0.2) is 0 Å². The number of ether oxygens (including phenoxy) is 2. The highest BCUT2D eigenvalue weighted by Gasteiger charge is 2.07. The molecule has 2 nitrogen and oxygen atoms in total. The Bertz CT molecular complexity index is 627. The standard InChI is InChI=1S/C18H20O2/c1-13-7-5-6-8-18(13)16-9-15(14(2)12-19-3)10-17(11-16)20-4/h5-12H,1-4H3/b14-12+. The third-order valence-electron chi connectivity index (χ3n) is 3.35. The fourth-order valence-electron chi connectivity index (χ4n) is 2.24. The Morgan fingerprint density at radius 1 is 1.05 bits per heavy atom. The lowest BCUT2D eigenvalue weighted by Gasteiger charge is -2.11. The highest BCUT2D eigenvalue weighted by atomic mass is 16.5. The number of hydrogen-bond acceptors (Lipinski definition) is 2. The van der Waals surface area contributed by atoms with Gasteiger partial charge in [0.2, 0.25) is 0 Å². The molecule has 20 heavy (non-hydrogen) atoms. The van der Waals surface area contributed by atoms with Crippen LogP contribution in [0.15, 0.2) is 48.7 Å². The second-order valence-electron chi connectivity index (χ2n) is 4.80. The van der Waals surface area contributed by atoms with Gasteiger partial charge in [-0.2, -0.15) is 0 Å². The van der Waals surface area contributed by atoms with Gasteiger partial charge < -0.3 is 9.47 Å². The number of methoxy groups -OCH3 is 2. The Morgan fingerprint density at radius 3 is 2.45 bits per heavy atom. The first-order valence-corrected chi connectivity index (χ1v) is 6.60. The predicted molar refractivity (Wildman–Crippen MR) is 83.8 cm³/mol. The van der Waals surface area contributed by atoms with Gasteiger partial charge in [-0.3, -0.25) is 0 Å². The summed E-state index contributed by atoms with van der Waals surface area (Å²) in [6, 6.07) is 14.6. The van der Waals surface area contributed by atoms with Crippen LogP contribution in [0.1, 0.15) is 18.1 Å². The summed E-state index contributed by atoms with van der Waals surface area (Å²) in [5.41, 5.74) is 5.80. The lowest BCUT2D eigenvalue weighted by Crippen LogP contribution is -1.90. The molecule has 104 valence electrons. The van der Waals surface area contributed by atoms with Crippen LogP contribution in [0.4, 0.5) is 0 Å². The molecule has 0 bridgehead atoms. The maximum Gasteiger partial charge on any atom is 0.120 e. The third-order valence-corrected chi connectivity index (χ3v) is 3.35. The van der Waals surface area contributed by atoms with Crippen molar-refractivity contribution in [1.82, 2.24) is 0 Å². The van der Waals surface area contributed by atoms with Crippen molar-refractivity contribution < 1.29 is 9.47 Å². The molecule has 0 saturated heterocycles. The van der Waals surface area contributed by atoms with Crippen molar-refractivity contribution in [3.63, 3.8) is 0 Å². The first-order chi connectivity index (χ1) is 9.65. The van der Waals surface area contributed by atoms with Gasteiger partial charge in [-0.15, -0.1) is 0 Å². The Kier molecular flexibility index (Phi) is 4.46. The molecule has 0 saturated carbocycles. The Labute approximate surface area is 120 Å². The maximum atomic E-state index is 5.42. The number of benzene rings is 2. The first kappa shape index (κ1) is 14.2. The molecule has 0 aliphatic carbocycles. The normalized spacial score (nSPS) is 11.3. The maximum absolute atomic E-state index is 5.42. The van der Waals surface area contributed by atoms with E-state index in [-0.39, 0.29) is 0 Å². The second kappa shape index (κ2) is 6.29. The zero-order chi connectivity index (χ0) is 14.5. The smallest absolute Gasteiger partial charge is 0.120 e. The zero-order valence-electron chi connectivity index (χ0n) is 12.4. The summed E-state index contributed by atoms with van der Waals surface area (Å²) in [6.45, 7) is 4.15. The van der Waals surface area contributed by atoms with E-state index in [4.69, 9.17) is 9.47 Å². The molecule has 0 aliphatic rings. The van der Waals surface area contributed by atoms with Crippen LogP contribution in [0.3, 0.4) is 0 Å². The van der Waals surface area contributed by atoms with Crippen LogP contribution in [0.25, 0.3) is 16.7 Å². The average Bonchev–Trinajstić information content (AvgIpc) is 2.47. The molecule has 0 atom stereocenters. The SMILES string of the molecule is CO/C=C(\C)c1cc(OC)cc(-c2ccccc2C)c1. The monoisotopic (exact) mass is 268 g/mol. The molecule has 0 spiro atoms. The van der Waals surface area contributed by atoms with E-state index in [9.17, 15) is 0 Å². The summed E-state index contributed by atoms with van der Waals surface area (Å²) in [5, 5.41) is 0. The van der Waals surface area contributed by atoms with Gasteiger partial charge in [0.15, 0.2) is 0 Å². The molecule has 0 unspecified atom stereocenters. The van der Waals surface area contributed by atoms with Crippen molar-refractivity contribution in [2.45, 2.75) is 13.8 Å². The number of rotatable bonds is 4. The van der Waals surface area contributed by atoms with Crippen LogP contribution < -0.4 is 4.74 Å². The molecule has 0 amide bonds. The number of aryl methyl sites for hydroxylation is 1. The molecular formula is C18H20O2. The van der Waals surface area contributed by atoms with Gasteiger partial charge in [0.25, 0.3) is 0 Å². The van der Waals surface area contributed by atoms with Crippen molar-refractivity contribution in [2.24, 2.45) is 0 Å². The van der Waals surface area contributed by atoms with Crippen LogP contribution in [0.5, 0.6) is 5.75 Å². The summed E-state index contributed by atoms with van der Waals surface area (Å²) < 4.78 is 10.5. The minimum absolute atomic E-state index is 0.851. The van der Waals surface area contributed by atoms with Gasteiger partial charge >= 0.3 is 0 Å². The summed E-state index contributed by atoms with van der Waals surface area (Å²) in [5.74, 6) is 0.851. The van der Waals surface area contributed by atoms with E-state index in [0.717, 1.165) is 22.4 Å². The summed E-state index contributed by atoms with van der Waals surface area (Å²) in [6.07, 6.45) is 1.75. The molecule has 0 fully saturated rings. The highest BCUT2D eigenvalue weighted by Crippen LogP contribution is 2.30. The summed E-state index contributed by atoms with van der Waals surface area (Å²) in [4.78, 5) is 0. The van der Waals surface area contributed by atoms with Gasteiger partial charge in [0.1, 0.15) is 5.75 Å². The molecule has 2 aromatic carbocycles. The topological polar surface area (TPSA) is 18.5 Å². The van der Waals surface area contributed by atoms with Gasteiger partial charge in [-0.1, -0.05) is 24.3 Å². The Hall–Kier alpha value is -2.22. The summed E-state index contributed by atoms with van der Waals surface area (Å²) >= 11 is 0. The first-order valence-electron chi connectivity index (χ1n) is 6.60. The lowest BCUT2D eigenvalue weighted by atomic mass is 9.96. The molecule has 0 aliphatic heterocycles. The highest BCUT2D eigenvalue weighted by molar-refractivity contribution is 5.75. The fourth-order valence-corrected chi connectivity index (χ4v) is 2.24. The van der Waals surface area contributed by atoms with Crippen LogP contribution in [0, 0.1) is 6.92 Å². The zero-order valence-corrected chi connectivity index (χ0v) is 12.4. The molecule has 0 radical (unpaired) electrons. The minimum atomic E-state index is 0.851. The van der Waals surface area contributed by atoms with Crippen molar-refractivity contribution in [3.8, 4) is 16.9 Å². The second-order valence-corrected chi connectivity index (χ2v) is 4.80. The van der Waals surface area contributed by atoms with Crippen molar-refractivity contribution in [2.75, 3.05) is 14.2 Å². The largest absolute Gasteiger partial charge is 0.504 e. The molecule has 2 heteroatoms. The molecular weight excluding hydrogens is 248 g/mol. The predicted octanol–water partition coefficient (Wildman–Crippen LogP) is 4.68. The summed E-state index contributed by atoms with van der Waals surface area (Å²) in [7, 11) is 3.35. The van der Waals surface area contributed by atoms with Crippen LogP contribution >= 0.6 is 0 Å². The molecule has 0 aromatic heterocycles. The van der Waals surface area contributed by atoms with E-state index in [1.165, 1.54) is 11.1 Å². The van der Waals surface area contributed by atoms with E-state index in [2.05, 4.69) is 43.3 Å². The van der Waals surface area contributed by atoms with Gasteiger partial charge in [0.05, 0.1) is 20.5 Å². The van der Waals surface area contributed by atoms with E-state index in [1.807, 2.05) is 13.0 Å². The fraction of sp³-hybridized carbons (Fsp3) is 0.222. The average molecular weight is 268 g/mol. The Morgan fingerprint density at radius 2 is 1.80 bits per heavy atom. The van der Waals surface area contributed by atoms with E-state index >= 15 is 0 Å². The lowest BCUT2D eigenvalue weighted by molar-refractivity contribution is 0.339. The molecule has 0 N–H and O–H groups in total. The molecule has 2 aromatic rings. The van der Waals surface area contributed by atoms with E-state index < -0.39 is 0 Å². The van der Waals surface area contributed by atoms with Crippen LogP contribution in [-0.2, 0) is 4.74 Å². The Balaban J connectivity index is 2.57. The third kappa shape index (κ3) is 3.02. The van der Waals surface area contributed by atoms with Crippen LogP contribution in [-0.4, -0.2) is 14.2 Å². The molecule has 2 rings (SSSR count). The van der Waals surface area contributed by atoms with E-state index in [0.29, 0.717) is 0 Å². The number of allylic oxidation sites excluding steroid dienone is 1.